The Labute approximate surface area is 104 Å². The lowest BCUT2D eigenvalue weighted by molar-refractivity contribution is -0.144. The van der Waals surface area contributed by atoms with Gasteiger partial charge in [0.1, 0.15) is 5.82 Å². The minimum Gasteiger partial charge on any atom is -0.469 e. The Morgan fingerprint density at radius 1 is 1.59 bits per heavy atom. The fraction of sp³-hybridized carbons (Fsp3) is 0.417. The van der Waals surface area contributed by atoms with Gasteiger partial charge in [-0.3, -0.25) is 4.79 Å². The number of rotatable bonds is 2. The van der Waals surface area contributed by atoms with Gasteiger partial charge in [0.05, 0.1) is 18.1 Å². The van der Waals surface area contributed by atoms with Crippen molar-refractivity contribution in [2.24, 2.45) is 5.92 Å². The van der Waals surface area contributed by atoms with E-state index in [4.69, 9.17) is 16.3 Å². The second kappa shape index (κ2) is 4.92. The average molecular weight is 258 g/mol. The first kappa shape index (κ1) is 12.2. The molecule has 5 heteroatoms. The number of hydrogen-bond donors (Lipinski definition) is 0. The number of anilines is 1. The van der Waals surface area contributed by atoms with E-state index < -0.39 is 5.82 Å². The van der Waals surface area contributed by atoms with Crippen molar-refractivity contribution >= 4 is 23.3 Å². The van der Waals surface area contributed by atoms with Crippen molar-refractivity contribution in [1.29, 1.82) is 0 Å². The molecular weight excluding hydrogens is 245 g/mol. The molecular formula is C12H13ClFNO2. The van der Waals surface area contributed by atoms with E-state index in [-0.39, 0.29) is 16.9 Å². The number of methoxy groups -OCH3 is 1. The van der Waals surface area contributed by atoms with Gasteiger partial charge >= 0.3 is 5.97 Å². The van der Waals surface area contributed by atoms with Crippen LogP contribution in [0.1, 0.15) is 6.42 Å². The highest BCUT2D eigenvalue weighted by atomic mass is 35.5. The Kier molecular flexibility index (Phi) is 3.52. The van der Waals surface area contributed by atoms with Crippen LogP contribution in [-0.2, 0) is 9.53 Å². The summed E-state index contributed by atoms with van der Waals surface area (Å²) in [4.78, 5) is 13.3. The first-order valence-electron chi connectivity index (χ1n) is 5.39. The van der Waals surface area contributed by atoms with E-state index in [1.165, 1.54) is 19.2 Å². The third-order valence-corrected chi connectivity index (χ3v) is 3.30. The normalized spacial score (nSPS) is 19.5. The largest absolute Gasteiger partial charge is 0.469 e. The number of ether oxygens (including phenoxy) is 1. The van der Waals surface area contributed by atoms with Crippen molar-refractivity contribution in [3.63, 3.8) is 0 Å². The molecule has 0 unspecified atom stereocenters. The summed E-state index contributed by atoms with van der Waals surface area (Å²) in [5.41, 5.74) is 0.748. The van der Waals surface area contributed by atoms with Crippen LogP contribution in [0.25, 0.3) is 0 Å². The highest BCUT2D eigenvalue weighted by Crippen LogP contribution is 2.27. The zero-order valence-corrected chi connectivity index (χ0v) is 10.2. The molecule has 0 saturated carbocycles. The molecule has 0 bridgehead atoms. The van der Waals surface area contributed by atoms with E-state index in [1.54, 1.807) is 6.07 Å². The van der Waals surface area contributed by atoms with Crippen LogP contribution in [0.3, 0.4) is 0 Å². The van der Waals surface area contributed by atoms with Gasteiger partial charge in [0.15, 0.2) is 0 Å². The summed E-state index contributed by atoms with van der Waals surface area (Å²) in [7, 11) is 1.38. The van der Waals surface area contributed by atoms with Crippen molar-refractivity contribution < 1.29 is 13.9 Å². The predicted molar refractivity (Wildman–Crippen MR) is 63.7 cm³/mol. The lowest BCUT2D eigenvalue weighted by atomic mass is 10.1. The molecule has 17 heavy (non-hydrogen) atoms. The van der Waals surface area contributed by atoms with Crippen molar-refractivity contribution in [3.8, 4) is 0 Å². The first-order chi connectivity index (χ1) is 8.11. The molecule has 0 N–H and O–H groups in total. The standard InChI is InChI=1S/C12H13ClFNO2/c1-17-12(16)8-4-5-15(7-8)9-2-3-10(13)11(14)6-9/h2-3,6,8H,4-5,7H2,1H3/t8-/m0/s1. The number of nitrogens with zero attached hydrogens (tertiary/aromatic N) is 1. The number of carbonyl (C=O) groups excluding carboxylic acids is 1. The fourth-order valence-electron chi connectivity index (χ4n) is 2.04. The summed E-state index contributed by atoms with van der Waals surface area (Å²) in [6, 6.07) is 4.67. The molecule has 0 spiro atoms. The summed E-state index contributed by atoms with van der Waals surface area (Å²) in [6.07, 6.45) is 0.733. The predicted octanol–water partition coefficient (Wildman–Crippen LogP) is 2.48. The van der Waals surface area contributed by atoms with Gasteiger partial charge in [-0.25, -0.2) is 4.39 Å². The number of carbonyl (C=O) groups is 1. The van der Waals surface area contributed by atoms with Crippen molar-refractivity contribution in [2.45, 2.75) is 6.42 Å². The Bertz CT molecular complexity index is 439. The zero-order valence-electron chi connectivity index (χ0n) is 9.45. The van der Waals surface area contributed by atoms with E-state index in [1.807, 2.05) is 4.90 Å². The molecule has 92 valence electrons. The lowest BCUT2D eigenvalue weighted by Gasteiger charge is -2.18. The van der Waals surface area contributed by atoms with Crippen molar-refractivity contribution in [1.82, 2.24) is 0 Å². The highest BCUT2D eigenvalue weighted by molar-refractivity contribution is 6.30. The van der Waals surface area contributed by atoms with E-state index in [0.717, 1.165) is 18.7 Å². The summed E-state index contributed by atoms with van der Waals surface area (Å²) >= 11 is 5.62. The van der Waals surface area contributed by atoms with Crippen LogP contribution < -0.4 is 4.90 Å². The van der Waals surface area contributed by atoms with Crippen LogP contribution in [0.5, 0.6) is 0 Å². The van der Waals surface area contributed by atoms with Gasteiger partial charge in [-0.1, -0.05) is 11.6 Å². The molecule has 1 aromatic carbocycles. The molecule has 1 aliphatic heterocycles. The maximum Gasteiger partial charge on any atom is 0.310 e. The number of halogens is 2. The summed E-state index contributed by atoms with van der Waals surface area (Å²) in [6.45, 7) is 1.29. The Morgan fingerprint density at radius 3 is 3.00 bits per heavy atom. The minimum atomic E-state index is -0.439. The minimum absolute atomic E-state index is 0.109. The van der Waals surface area contributed by atoms with Gasteiger partial charge in [-0.2, -0.15) is 0 Å². The number of esters is 1. The number of hydrogen-bond acceptors (Lipinski definition) is 3. The second-order valence-corrected chi connectivity index (χ2v) is 4.46. The quantitative estimate of drug-likeness (QED) is 0.763. The zero-order chi connectivity index (χ0) is 12.4. The lowest BCUT2D eigenvalue weighted by Crippen LogP contribution is -2.23. The van der Waals surface area contributed by atoms with Gasteiger partial charge in [0.25, 0.3) is 0 Å². The summed E-state index contributed by atoms with van der Waals surface area (Å²) < 4.78 is 18.0. The highest BCUT2D eigenvalue weighted by Gasteiger charge is 2.29. The molecule has 3 nitrogen and oxygen atoms in total. The van der Waals surface area contributed by atoms with Crippen LogP contribution in [0.4, 0.5) is 10.1 Å². The molecule has 2 rings (SSSR count). The molecule has 0 aromatic heterocycles. The van der Waals surface area contributed by atoms with Crippen molar-refractivity contribution in [3.05, 3.63) is 29.0 Å². The van der Waals surface area contributed by atoms with Crippen LogP contribution in [0.2, 0.25) is 5.02 Å². The monoisotopic (exact) mass is 257 g/mol. The Balaban J connectivity index is 2.10. The van der Waals surface area contributed by atoms with Crippen LogP contribution in [0.15, 0.2) is 18.2 Å². The smallest absolute Gasteiger partial charge is 0.310 e. The molecule has 1 atom stereocenters. The summed E-state index contributed by atoms with van der Waals surface area (Å²) in [5.74, 6) is -0.772. The maximum atomic E-state index is 13.3. The van der Waals surface area contributed by atoms with Crippen LogP contribution >= 0.6 is 11.6 Å². The van der Waals surface area contributed by atoms with E-state index in [2.05, 4.69) is 0 Å². The maximum absolute atomic E-state index is 13.3. The molecule has 0 aliphatic carbocycles. The average Bonchev–Trinajstić information content (AvgIpc) is 2.81. The van der Waals surface area contributed by atoms with E-state index in [0.29, 0.717) is 6.54 Å². The molecule has 1 saturated heterocycles. The molecule has 1 aliphatic rings. The van der Waals surface area contributed by atoms with Crippen LogP contribution in [0, 0.1) is 11.7 Å². The first-order valence-corrected chi connectivity index (χ1v) is 5.77. The second-order valence-electron chi connectivity index (χ2n) is 4.05. The molecule has 1 heterocycles. The van der Waals surface area contributed by atoms with Crippen molar-refractivity contribution in [2.75, 3.05) is 25.1 Å². The van der Waals surface area contributed by atoms with E-state index >= 15 is 0 Å². The topological polar surface area (TPSA) is 29.5 Å². The van der Waals surface area contributed by atoms with Gasteiger partial charge in [0, 0.05) is 18.8 Å². The third-order valence-electron chi connectivity index (χ3n) is 2.99. The molecule has 1 fully saturated rings. The number of benzene rings is 1. The Morgan fingerprint density at radius 2 is 2.35 bits per heavy atom. The van der Waals surface area contributed by atoms with Gasteiger partial charge in [-0.15, -0.1) is 0 Å². The fourth-order valence-corrected chi connectivity index (χ4v) is 2.15. The molecule has 1 aromatic rings. The molecule has 0 radical (unpaired) electrons. The van der Waals surface area contributed by atoms with Crippen LogP contribution in [-0.4, -0.2) is 26.2 Å². The van der Waals surface area contributed by atoms with Gasteiger partial charge in [0.2, 0.25) is 0 Å². The Hall–Kier alpha value is -1.29. The molecule has 0 amide bonds. The third kappa shape index (κ3) is 2.52. The van der Waals surface area contributed by atoms with E-state index in [9.17, 15) is 9.18 Å². The summed E-state index contributed by atoms with van der Waals surface area (Å²) in [5, 5.41) is 0.109. The van der Waals surface area contributed by atoms with Gasteiger partial charge < -0.3 is 9.64 Å². The SMILES string of the molecule is COC(=O)[C@H]1CCN(c2ccc(Cl)c(F)c2)C1. The van der Waals surface area contributed by atoms with Gasteiger partial charge in [-0.05, 0) is 24.6 Å².